The number of nitrogens with zero attached hydrogens (tertiary/aromatic N) is 1. The van der Waals surface area contributed by atoms with Gasteiger partial charge in [-0.15, -0.1) is 0 Å². The van der Waals surface area contributed by atoms with E-state index < -0.39 is 0 Å². The van der Waals surface area contributed by atoms with Crippen LogP contribution in [0.1, 0.15) is 24.2 Å². The molecule has 0 radical (unpaired) electrons. The number of para-hydroxylation sites is 1. The normalized spacial score (nSPS) is 12.2. The van der Waals surface area contributed by atoms with Crippen molar-refractivity contribution in [1.82, 2.24) is 4.98 Å². The van der Waals surface area contributed by atoms with E-state index in [4.69, 9.17) is 15.6 Å². The summed E-state index contributed by atoms with van der Waals surface area (Å²) in [5.41, 5.74) is 7.55. The molecular formula is C15H18N2O2. The highest BCUT2D eigenvalue weighted by Gasteiger charge is 2.05. The van der Waals surface area contributed by atoms with E-state index in [9.17, 15) is 0 Å². The number of aliphatic hydroxyl groups is 1. The van der Waals surface area contributed by atoms with E-state index in [1.807, 2.05) is 43.3 Å². The summed E-state index contributed by atoms with van der Waals surface area (Å²) >= 11 is 0. The summed E-state index contributed by atoms with van der Waals surface area (Å²) in [4.78, 5) is 4.25. The first kappa shape index (κ1) is 13.5. The van der Waals surface area contributed by atoms with Crippen LogP contribution in [0.4, 0.5) is 0 Å². The van der Waals surface area contributed by atoms with Crippen LogP contribution in [0.5, 0.6) is 11.5 Å². The highest BCUT2D eigenvalue weighted by atomic mass is 16.5. The number of rotatable bonds is 5. The van der Waals surface area contributed by atoms with Gasteiger partial charge in [0.15, 0.2) is 0 Å². The molecule has 0 bridgehead atoms. The predicted octanol–water partition coefficient (Wildman–Crippen LogP) is 2.43. The summed E-state index contributed by atoms with van der Waals surface area (Å²) in [5.74, 6) is 1.40. The molecule has 0 spiro atoms. The Hall–Kier alpha value is -1.91. The van der Waals surface area contributed by atoms with Crippen molar-refractivity contribution in [3.63, 3.8) is 0 Å². The van der Waals surface area contributed by atoms with Gasteiger partial charge in [-0.1, -0.05) is 18.2 Å². The molecule has 0 amide bonds. The summed E-state index contributed by atoms with van der Waals surface area (Å²) in [7, 11) is 0. The lowest BCUT2D eigenvalue weighted by Gasteiger charge is -2.11. The monoisotopic (exact) mass is 258 g/mol. The number of benzene rings is 1. The molecular weight excluding hydrogens is 240 g/mol. The lowest BCUT2D eigenvalue weighted by atomic mass is 10.1. The minimum Gasteiger partial charge on any atom is -0.455 e. The highest BCUT2D eigenvalue weighted by molar-refractivity contribution is 5.37. The standard InChI is InChI=1S/C15H18N2O2/c1-11(16)14-7-6-13(10-17-14)19-15-5-3-2-4-12(15)8-9-18/h2-7,10-11,18H,8-9,16H2,1H3/t11-/m0/s1. The maximum atomic E-state index is 9.03. The number of hydrogen-bond donors (Lipinski definition) is 2. The second-order valence-corrected chi connectivity index (χ2v) is 4.39. The van der Waals surface area contributed by atoms with E-state index in [1.54, 1.807) is 6.20 Å². The Bertz CT molecular complexity index is 524. The van der Waals surface area contributed by atoms with Gasteiger partial charge in [-0.05, 0) is 37.1 Å². The molecule has 100 valence electrons. The van der Waals surface area contributed by atoms with Crippen LogP contribution in [0, 0.1) is 0 Å². The van der Waals surface area contributed by atoms with Crippen LogP contribution in [0.15, 0.2) is 42.6 Å². The number of pyridine rings is 1. The third-order valence-corrected chi connectivity index (χ3v) is 2.81. The molecule has 0 aliphatic heterocycles. The Morgan fingerprint density at radius 1 is 1.26 bits per heavy atom. The van der Waals surface area contributed by atoms with E-state index in [0.717, 1.165) is 17.0 Å². The molecule has 4 nitrogen and oxygen atoms in total. The molecule has 19 heavy (non-hydrogen) atoms. The molecule has 1 aromatic heterocycles. The fraction of sp³-hybridized carbons (Fsp3) is 0.267. The molecule has 3 N–H and O–H groups in total. The van der Waals surface area contributed by atoms with E-state index in [-0.39, 0.29) is 12.6 Å². The molecule has 0 aliphatic rings. The van der Waals surface area contributed by atoms with Gasteiger partial charge in [-0.25, -0.2) is 0 Å². The summed E-state index contributed by atoms with van der Waals surface area (Å²) in [5, 5.41) is 9.03. The van der Waals surface area contributed by atoms with Crippen LogP contribution in [0.3, 0.4) is 0 Å². The Labute approximate surface area is 112 Å². The maximum Gasteiger partial charge on any atom is 0.145 e. The lowest BCUT2D eigenvalue weighted by molar-refractivity contribution is 0.298. The first-order valence-electron chi connectivity index (χ1n) is 6.29. The van der Waals surface area contributed by atoms with Gasteiger partial charge >= 0.3 is 0 Å². The first-order chi connectivity index (χ1) is 9.20. The molecule has 4 heteroatoms. The van der Waals surface area contributed by atoms with Crippen LogP contribution in [0.2, 0.25) is 0 Å². The Morgan fingerprint density at radius 2 is 2.05 bits per heavy atom. The van der Waals surface area contributed by atoms with Gasteiger partial charge in [0.2, 0.25) is 0 Å². The first-order valence-corrected chi connectivity index (χ1v) is 6.29. The number of aliphatic hydroxyl groups excluding tert-OH is 1. The van der Waals surface area contributed by atoms with Crippen LogP contribution in [-0.2, 0) is 6.42 Å². The van der Waals surface area contributed by atoms with Gasteiger partial charge in [0.05, 0.1) is 11.9 Å². The van der Waals surface area contributed by atoms with Crippen molar-refractivity contribution in [3.8, 4) is 11.5 Å². The van der Waals surface area contributed by atoms with E-state index in [1.165, 1.54) is 0 Å². The van der Waals surface area contributed by atoms with Crippen molar-refractivity contribution in [1.29, 1.82) is 0 Å². The number of nitrogens with two attached hydrogens (primary N) is 1. The Balaban J connectivity index is 2.16. The largest absolute Gasteiger partial charge is 0.455 e. The summed E-state index contributed by atoms with van der Waals surface area (Å²) in [6.45, 7) is 1.99. The molecule has 0 unspecified atom stereocenters. The molecule has 0 saturated heterocycles. The highest BCUT2D eigenvalue weighted by Crippen LogP contribution is 2.25. The summed E-state index contributed by atoms with van der Waals surface area (Å²) in [6.07, 6.45) is 2.23. The van der Waals surface area contributed by atoms with Crippen molar-refractivity contribution < 1.29 is 9.84 Å². The Kier molecular flexibility index (Phi) is 4.49. The van der Waals surface area contributed by atoms with Gasteiger partial charge in [0.1, 0.15) is 11.5 Å². The van der Waals surface area contributed by atoms with Crippen LogP contribution in [-0.4, -0.2) is 16.7 Å². The molecule has 2 rings (SSSR count). The van der Waals surface area contributed by atoms with Gasteiger partial charge in [0.25, 0.3) is 0 Å². The molecule has 0 saturated carbocycles. The smallest absolute Gasteiger partial charge is 0.145 e. The zero-order valence-electron chi connectivity index (χ0n) is 10.9. The van der Waals surface area contributed by atoms with Crippen LogP contribution < -0.4 is 10.5 Å². The average molecular weight is 258 g/mol. The predicted molar refractivity (Wildman–Crippen MR) is 74.1 cm³/mol. The van der Waals surface area contributed by atoms with Gasteiger partial charge in [-0.3, -0.25) is 4.98 Å². The number of ether oxygens (including phenoxy) is 1. The third-order valence-electron chi connectivity index (χ3n) is 2.81. The number of hydrogen-bond acceptors (Lipinski definition) is 4. The number of aromatic nitrogens is 1. The molecule has 0 fully saturated rings. The minimum atomic E-state index is -0.0873. The SMILES string of the molecule is C[C@H](N)c1ccc(Oc2ccccc2CCO)cn1. The van der Waals surface area contributed by atoms with Crippen molar-refractivity contribution in [2.24, 2.45) is 5.73 Å². The fourth-order valence-corrected chi connectivity index (χ4v) is 1.78. The Morgan fingerprint density at radius 3 is 2.68 bits per heavy atom. The molecule has 1 aromatic carbocycles. The van der Waals surface area contributed by atoms with Gasteiger partial charge in [-0.2, -0.15) is 0 Å². The lowest BCUT2D eigenvalue weighted by Crippen LogP contribution is -2.06. The zero-order chi connectivity index (χ0) is 13.7. The van der Waals surface area contributed by atoms with Crippen molar-refractivity contribution in [2.75, 3.05) is 6.61 Å². The van der Waals surface area contributed by atoms with Crippen molar-refractivity contribution >= 4 is 0 Å². The molecule has 2 aromatic rings. The van der Waals surface area contributed by atoms with E-state index in [2.05, 4.69) is 4.98 Å². The second kappa shape index (κ2) is 6.31. The van der Waals surface area contributed by atoms with E-state index >= 15 is 0 Å². The zero-order valence-corrected chi connectivity index (χ0v) is 10.9. The van der Waals surface area contributed by atoms with Gasteiger partial charge in [0, 0.05) is 12.6 Å². The van der Waals surface area contributed by atoms with Crippen molar-refractivity contribution in [2.45, 2.75) is 19.4 Å². The van der Waals surface area contributed by atoms with Gasteiger partial charge < -0.3 is 15.6 Å². The maximum absolute atomic E-state index is 9.03. The summed E-state index contributed by atoms with van der Waals surface area (Å²) < 4.78 is 5.78. The minimum absolute atomic E-state index is 0.0873. The molecule has 1 heterocycles. The average Bonchev–Trinajstić information content (AvgIpc) is 2.42. The van der Waals surface area contributed by atoms with Crippen LogP contribution in [0.25, 0.3) is 0 Å². The molecule has 1 atom stereocenters. The molecule has 0 aliphatic carbocycles. The van der Waals surface area contributed by atoms with E-state index in [0.29, 0.717) is 12.2 Å². The fourth-order valence-electron chi connectivity index (χ4n) is 1.78. The third kappa shape index (κ3) is 3.53. The van der Waals surface area contributed by atoms with Crippen LogP contribution >= 0.6 is 0 Å². The topological polar surface area (TPSA) is 68.4 Å². The second-order valence-electron chi connectivity index (χ2n) is 4.39. The quantitative estimate of drug-likeness (QED) is 0.864. The summed E-state index contributed by atoms with van der Waals surface area (Å²) in [6, 6.07) is 11.3. The van der Waals surface area contributed by atoms with Crippen molar-refractivity contribution in [3.05, 3.63) is 53.9 Å².